The summed E-state index contributed by atoms with van der Waals surface area (Å²) in [4.78, 5) is 21.0. The zero-order valence-corrected chi connectivity index (χ0v) is 7.20. The van der Waals surface area contributed by atoms with Crippen molar-refractivity contribution in [3.8, 4) is 0 Å². The zero-order valence-electron chi connectivity index (χ0n) is 7.20. The first-order valence-corrected chi connectivity index (χ1v) is 3.91. The molecule has 0 bridgehead atoms. The Morgan fingerprint density at radius 3 is 2.57 bits per heavy atom. The third-order valence-corrected chi connectivity index (χ3v) is 1.68. The Hall–Kier alpha value is -1.92. The molecule has 1 aromatic heterocycles. The van der Waals surface area contributed by atoms with Crippen LogP contribution in [-0.4, -0.2) is 37.1 Å². The zero-order chi connectivity index (χ0) is 10.6. The summed E-state index contributed by atoms with van der Waals surface area (Å²) in [7, 11) is 0. The summed E-state index contributed by atoms with van der Waals surface area (Å²) in [5.41, 5.74) is 0. The van der Waals surface area contributed by atoms with Crippen molar-refractivity contribution in [3.05, 3.63) is 12.4 Å². The summed E-state index contributed by atoms with van der Waals surface area (Å²) in [6.07, 6.45) is 2.52. The first-order chi connectivity index (χ1) is 6.61. The van der Waals surface area contributed by atoms with E-state index in [1.807, 2.05) is 0 Å². The van der Waals surface area contributed by atoms with Crippen molar-refractivity contribution in [3.63, 3.8) is 0 Å². The molecular weight excluding hydrogens is 190 g/mol. The predicted molar refractivity (Wildman–Crippen MR) is 43.6 cm³/mol. The molecule has 0 aromatic carbocycles. The smallest absolute Gasteiger partial charge is 0.328 e. The molecule has 7 nitrogen and oxygen atoms in total. The van der Waals surface area contributed by atoms with Gasteiger partial charge in [0.1, 0.15) is 0 Å². The van der Waals surface area contributed by atoms with E-state index in [2.05, 4.69) is 10.3 Å². The second-order valence-corrected chi connectivity index (χ2v) is 2.67. The Morgan fingerprint density at radius 1 is 1.43 bits per heavy atom. The Balaban J connectivity index is 2.66. The number of carbonyl (C=O) groups is 2. The van der Waals surface area contributed by atoms with Gasteiger partial charge in [0.25, 0.3) is 0 Å². The van der Waals surface area contributed by atoms with E-state index in [0.29, 0.717) is 0 Å². The summed E-state index contributed by atoms with van der Waals surface area (Å²) >= 11 is 0. The van der Waals surface area contributed by atoms with Crippen molar-refractivity contribution in [2.45, 2.75) is 18.9 Å². The summed E-state index contributed by atoms with van der Waals surface area (Å²) in [6.45, 7) is 0. The second kappa shape index (κ2) is 4.35. The molecule has 0 spiro atoms. The topological polar surface area (TPSA) is 105 Å². The molecule has 0 radical (unpaired) electrons. The van der Waals surface area contributed by atoms with E-state index in [9.17, 15) is 9.59 Å². The molecule has 2 N–H and O–H groups in total. The van der Waals surface area contributed by atoms with Crippen LogP contribution in [0.25, 0.3) is 0 Å². The maximum atomic E-state index is 10.7. The van der Waals surface area contributed by atoms with Crippen LogP contribution in [0.1, 0.15) is 18.9 Å². The van der Waals surface area contributed by atoms with E-state index < -0.39 is 18.0 Å². The van der Waals surface area contributed by atoms with Crippen LogP contribution in [0.3, 0.4) is 0 Å². The third-order valence-electron chi connectivity index (χ3n) is 1.68. The molecule has 1 atom stereocenters. The number of carboxylic acids is 2. The average molecular weight is 199 g/mol. The Labute approximate surface area is 79.0 Å². The van der Waals surface area contributed by atoms with Crippen LogP contribution in [0.2, 0.25) is 0 Å². The Bertz CT molecular complexity index is 322. The van der Waals surface area contributed by atoms with Crippen molar-refractivity contribution in [2.75, 3.05) is 0 Å². The summed E-state index contributed by atoms with van der Waals surface area (Å²) < 4.78 is 1.13. The monoisotopic (exact) mass is 199 g/mol. The number of rotatable bonds is 5. The third kappa shape index (κ3) is 2.54. The molecule has 1 aromatic rings. The van der Waals surface area contributed by atoms with Gasteiger partial charge in [-0.3, -0.25) is 4.79 Å². The molecule has 1 rings (SSSR count). The Kier molecular flexibility index (Phi) is 3.16. The first-order valence-electron chi connectivity index (χ1n) is 3.91. The molecule has 1 heterocycles. The molecular formula is C7H9N3O4. The molecule has 0 aliphatic heterocycles. The highest BCUT2D eigenvalue weighted by Crippen LogP contribution is 2.11. The van der Waals surface area contributed by atoms with Gasteiger partial charge in [-0.15, -0.1) is 5.10 Å². The number of carboxylic acid groups (broad SMARTS) is 2. The largest absolute Gasteiger partial charge is 0.481 e. The Morgan fingerprint density at radius 2 is 2.14 bits per heavy atom. The van der Waals surface area contributed by atoms with Crippen molar-refractivity contribution < 1.29 is 19.8 Å². The van der Waals surface area contributed by atoms with Crippen LogP contribution in [0.4, 0.5) is 0 Å². The standard InChI is InChI=1S/C7H9N3O4/c11-6(12)2-1-5(7(13)14)10-4-3-8-9-10/h3-5H,1-2H2,(H,11,12)(H,13,14). The van der Waals surface area contributed by atoms with Crippen LogP contribution < -0.4 is 0 Å². The molecule has 0 amide bonds. The highest BCUT2D eigenvalue weighted by molar-refractivity contribution is 5.73. The second-order valence-electron chi connectivity index (χ2n) is 2.67. The van der Waals surface area contributed by atoms with Crippen LogP contribution in [0.5, 0.6) is 0 Å². The number of hydrogen-bond donors (Lipinski definition) is 2. The maximum Gasteiger partial charge on any atom is 0.328 e. The lowest BCUT2D eigenvalue weighted by molar-refractivity contribution is -0.142. The van der Waals surface area contributed by atoms with Crippen LogP contribution in [-0.2, 0) is 9.59 Å². The van der Waals surface area contributed by atoms with Crippen molar-refractivity contribution in [2.24, 2.45) is 0 Å². The lowest BCUT2D eigenvalue weighted by Crippen LogP contribution is -2.20. The lowest BCUT2D eigenvalue weighted by Gasteiger charge is -2.09. The molecule has 0 fully saturated rings. The number of aliphatic carboxylic acids is 2. The predicted octanol–water partition coefficient (Wildman–Crippen LogP) is -0.231. The summed E-state index contributed by atoms with van der Waals surface area (Å²) in [5, 5.41) is 24.1. The first kappa shape index (κ1) is 10.2. The molecule has 0 saturated carbocycles. The van der Waals surface area contributed by atoms with Gasteiger partial charge in [0.2, 0.25) is 0 Å². The minimum Gasteiger partial charge on any atom is -0.481 e. The molecule has 7 heteroatoms. The van der Waals surface area contributed by atoms with E-state index in [-0.39, 0.29) is 12.8 Å². The van der Waals surface area contributed by atoms with Gasteiger partial charge in [0, 0.05) is 12.6 Å². The molecule has 14 heavy (non-hydrogen) atoms. The highest BCUT2D eigenvalue weighted by atomic mass is 16.4. The van der Waals surface area contributed by atoms with Gasteiger partial charge >= 0.3 is 11.9 Å². The SMILES string of the molecule is O=C(O)CCC(C(=O)O)n1ccnn1. The summed E-state index contributed by atoms with van der Waals surface area (Å²) in [5.74, 6) is -2.15. The number of aromatic nitrogens is 3. The van der Waals surface area contributed by atoms with Gasteiger partial charge < -0.3 is 10.2 Å². The van der Waals surface area contributed by atoms with Crippen molar-refractivity contribution in [1.82, 2.24) is 15.0 Å². The van der Waals surface area contributed by atoms with Crippen LogP contribution in [0.15, 0.2) is 12.4 Å². The quantitative estimate of drug-likeness (QED) is 0.678. The van der Waals surface area contributed by atoms with Crippen LogP contribution in [0, 0.1) is 0 Å². The van der Waals surface area contributed by atoms with E-state index in [4.69, 9.17) is 10.2 Å². The lowest BCUT2D eigenvalue weighted by atomic mass is 10.1. The van der Waals surface area contributed by atoms with Gasteiger partial charge in [-0.25, -0.2) is 9.48 Å². The van der Waals surface area contributed by atoms with Crippen molar-refractivity contribution >= 4 is 11.9 Å². The normalized spacial score (nSPS) is 12.3. The molecule has 0 aliphatic carbocycles. The van der Waals surface area contributed by atoms with Crippen molar-refractivity contribution in [1.29, 1.82) is 0 Å². The molecule has 1 unspecified atom stereocenters. The molecule has 76 valence electrons. The van der Waals surface area contributed by atoms with E-state index in [1.54, 1.807) is 0 Å². The minimum atomic E-state index is -1.11. The maximum absolute atomic E-state index is 10.7. The summed E-state index contributed by atoms with van der Waals surface area (Å²) in [6, 6.07) is -0.964. The molecule has 0 saturated heterocycles. The van der Waals surface area contributed by atoms with E-state index in [0.717, 1.165) is 4.68 Å². The van der Waals surface area contributed by atoms with Gasteiger partial charge in [-0.1, -0.05) is 5.21 Å². The minimum absolute atomic E-state index is 0.00593. The highest BCUT2D eigenvalue weighted by Gasteiger charge is 2.20. The fourth-order valence-corrected chi connectivity index (χ4v) is 1.01. The molecule has 0 aliphatic rings. The number of nitrogens with zero attached hydrogens (tertiary/aromatic N) is 3. The van der Waals surface area contributed by atoms with E-state index in [1.165, 1.54) is 12.4 Å². The fraction of sp³-hybridized carbons (Fsp3) is 0.429. The number of hydrogen-bond acceptors (Lipinski definition) is 4. The van der Waals surface area contributed by atoms with Gasteiger partial charge in [-0.2, -0.15) is 0 Å². The van der Waals surface area contributed by atoms with Gasteiger partial charge in [0.05, 0.1) is 6.20 Å². The van der Waals surface area contributed by atoms with Gasteiger partial charge in [-0.05, 0) is 6.42 Å². The van der Waals surface area contributed by atoms with E-state index >= 15 is 0 Å². The van der Waals surface area contributed by atoms with Crippen LogP contribution >= 0.6 is 0 Å². The average Bonchev–Trinajstić information content (AvgIpc) is 2.56. The fourth-order valence-electron chi connectivity index (χ4n) is 1.01. The van der Waals surface area contributed by atoms with Gasteiger partial charge in [0.15, 0.2) is 6.04 Å².